The molecule has 1 N–H and O–H groups in total. The van der Waals surface area contributed by atoms with Crippen molar-refractivity contribution < 1.29 is 24.2 Å². The summed E-state index contributed by atoms with van der Waals surface area (Å²) in [7, 11) is 0. The molecule has 0 spiro atoms. The topological polar surface area (TPSA) is 72.8 Å². The fraction of sp³-hybridized carbons (Fsp3) is 0.200. The van der Waals surface area contributed by atoms with Gasteiger partial charge in [0.2, 0.25) is 0 Å². The molecule has 1 aromatic carbocycles. The summed E-state index contributed by atoms with van der Waals surface area (Å²) in [4.78, 5) is 21.0. The fourth-order valence-electron chi connectivity index (χ4n) is 0.953. The number of ether oxygens (including phenoxy) is 2. The number of benzene rings is 1. The normalized spacial score (nSPS) is 9.40. The molecule has 0 saturated heterocycles. The first-order valence-corrected chi connectivity index (χ1v) is 4.32. The minimum absolute atomic E-state index is 0.103. The van der Waals surface area contributed by atoms with E-state index in [-0.39, 0.29) is 5.75 Å². The zero-order chi connectivity index (χ0) is 11.3. The largest absolute Gasteiger partial charge is 0.490 e. The number of para-hydroxylation sites is 2. The number of esters is 1. The summed E-state index contributed by atoms with van der Waals surface area (Å²) in [5, 5.41) is 8.35. The van der Waals surface area contributed by atoms with Gasteiger partial charge in [0.1, 0.15) is 0 Å². The molecule has 0 fully saturated rings. The summed E-state index contributed by atoms with van der Waals surface area (Å²) < 4.78 is 9.74. The summed E-state index contributed by atoms with van der Waals surface area (Å²) in [5.74, 6) is -2.52. The summed E-state index contributed by atoms with van der Waals surface area (Å²) >= 11 is 0. The molecule has 0 unspecified atom stereocenters. The summed E-state index contributed by atoms with van der Waals surface area (Å²) in [6.07, 6.45) is 0. The average molecular weight is 210 g/mol. The van der Waals surface area contributed by atoms with Crippen LogP contribution in [0.4, 0.5) is 0 Å². The van der Waals surface area contributed by atoms with Crippen LogP contribution < -0.4 is 9.47 Å². The quantitative estimate of drug-likeness (QED) is 0.459. The van der Waals surface area contributed by atoms with E-state index in [2.05, 4.69) is 4.74 Å². The molecule has 1 rings (SSSR count). The number of carbonyl (C=O) groups is 2. The highest BCUT2D eigenvalue weighted by Crippen LogP contribution is 2.26. The molecule has 0 aliphatic carbocycles. The molecule has 0 atom stereocenters. The first-order valence-electron chi connectivity index (χ1n) is 4.32. The van der Waals surface area contributed by atoms with Crippen molar-refractivity contribution in [1.82, 2.24) is 0 Å². The number of carboxylic acid groups (broad SMARTS) is 1. The highest BCUT2D eigenvalue weighted by molar-refractivity contribution is 6.29. The Morgan fingerprint density at radius 1 is 1.27 bits per heavy atom. The van der Waals surface area contributed by atoms with E-state index >= 15 is 0 Å². The van der Waals surface area contributed by atoms with Crippen molar-refractivity contribution in [3.05, 3.63) is 24.3 Å². The lowest BCUT2D eigenvalue weighted by Gasteiger charge is -2.08. The van der Waals surface area contributed by atoms with Crippen LogP contribution in [0.2, 0.25) is 0 Å². The Morgan fingerprint density at radius 2 is 1.87 bits per heavy atom. The van der Waals surface area contributed by atoms with Gasteiger partial charge in [0, 0.05) is 0 Å². The average Bonchev–Trinajstić information content (AvgIpc) is 2.21. The van der Waals surface area contributed by atoms with Crippen molar-refractivity contribution in [2.75, 3.05) is 6.61 Å². The number of aliphatic carboxylic acids is 1. The van der Waals surface area contributed by atoms with Gasteiger partial charge in [-0.1, -0.05) is 12.1 Å². The van der Waals surface area contributed by atoms with Gasteiger partial charge in [0.15, 0.2) is 11.5 Å². The fourth-order valence-corrected chi connectivity index (χ4v) is 0.953. The van der Waals surface area contributed by atoms with E-state index in [1.807, 2.05) is 0 Å². The van der Waals surface area contributed by atoms with Gasteiger partial charge in [-0.2, -0.15) is 0 Å². The molecule has 0 amide bonds. The molecule has 5 heteroatoms. The van der Waals surface area contributed by atoms with Gasteiger partial charge < -0.3 is 14.6 Å². The van der Waals surface area contributed by atoms with Crippen LogP contribution >= 0.6 is 0 Å². The Kier molecular flexibility index (Phi) is 3.68. The second-order valence-electron chi connectivity index (χ2n) is 2.57. The van der Waals surface area contributed by atoms with E-state index in [0.717, 1.165) is 0 Å². The highest BCUT2D eigenvalue weighted by Gasteiger charge is 2.16. The number of rotatable bonds is 3. The van der Waals surface area contributed by atoms with Crippen molar-refractivity contribution in [2.45, 2.75) is 6.92 Å². The van der Waals surface area contributed by atoms with Gasteiger partial charge >= 0.3 is 11.9 Å². The van der Waals surface area contributed by atoms with E-state index < -0.39 is 11.9 Å². The zero-order valence-electron chi connectivity index (χ0n) is 8.10. The Morgan fingerprint density at radius 3 is 2.40 bits per heavy atom. The molecular weight excluding hydrogens is 200 g/mol. The molecule has 0 saturated carbocycles. The third-order valence-corrected chi connectivity index (χ3v) is 1.53. The smallest absolute Gasteiger partial charge is 0.422 e. The molecule has 0 bridgehead atoms. The van der Waals surface area contributed by atoms with Crippen molar-refractivity contribution >= 4 is 11.9 Å². The molecule has 15 heavy (non-hydrogen) atoms. The van der Waals surface area contributed by atoms with Crippen molar-refractivity contribution in [1.29, 1.82) is 0 Å². The van der Waals surface area contributed by atoms with Crippen molar-refractivity contribution in [3.8, 4) is 11.5 Å². The van der Waals surface area contributed by atoms with Crippen LogP contribution in [0, 0.1) is 0 Å². The minimum atomic E-state index is -1.64. The van der Waals surface area contributed by atoms with Gasteiger partial charge in [-0.15, -0.1) is 0 Å². The maximum atomic E-state index is 10.8. The molecule has 5 nitrogen and oxygen atoms in total. The predicted molar refractivity (Wildman–Crippen MR) is 50.9 cm³/mol. The lowest BCUT2D eigenvalue weighted by Crippen LogP contribution is -2.19. The molecule has 0 radical (unpaired) electrons. The third kappa shape index (κ3) is 2.98. The maximum Gasteiger partial charge on any atom is 0.422 e. The van der Waals surface area contributed by atoms with Gasteiger partial charge in [0.05, 0.1) is 6.61 Å². The van der Waals surface area contributed by atoms with Crippen LogP contribution in [-0.2, 0) is 9.59 Å². The van der Waals surface area contributed by atoms with Crippen LogP contribution in [0.25, 0.3) is 0 Å². The Bertz CT molecular complexity index is 372. The number of hydrogen-bond donors (Lipinski definition) is 1. The summed E-state index contributed by atoms with van der Waals surface area (Å²) in [6.45, 7) is 2.18. The van der Waals surface area contributed by atoms with Gasteiger partial charge in [0.25, 0.3) is 0 Å². The number of carbonyl (C=O) groups excluding carboxylic acids is 1. The maximum absolute atomic E-state index is 10.8. The zero-order valence-corrected chi connectivity index (χ0v) is 8.10. The standard InChI is InChI=1S/C10H10O5/c1-2-14-7-5-3-4-6-8(7)15-10(13)9(11)12/h3-6H,2H2,1H3,(H,11,12). The summed E-state index contributed by atoms with van der Waals surface area (Å²) in [5.41, 5.74) is 0. The second-order valence-corrected chi connectivity index (χ2v) is 2.57. The van der Waals surface area contributed by atoms with Crippen molar-refractivity contribution in [2.24, 2.45) is 0 Å². The second kappa shape index (κ2) is 4.99. The molecular formula is C10H10O5. The highest BCUT2D eigenvalue weighted by atomic mass is 16.6. The van der Waals surface area contributed by atoms with E-state index in [9.17, 15) is 9.59 Å². The van der Waals surface area contributed by atoms with Crippen LogP contribution in [0.15, 0.2) is 24.3 Å². The third-order valence-electron chi connectivity index (χ3n) is 1.53. The minimum Gasteiger partial charge on any atom is -0.490 e. The molecule has 1 aromatic rings. The van der Waals surface area contributed by atoms with Gasteiger partial charge in [-0.25, -0.2) is 9.59 Å². The van der Waals surface area contributed by atoms with Gasteiger partial charge in [-0.05, 0) is 19.1 Å². The molecule has 80 valence electrons. The molecule has 0 heterocycles. The SMILES string of the molecule is CCOc1ccccc1OC(=O)C(=O)O. The first-order chi connectivity index (χ1) is 7.15. The van der Waals surface area contributed by atoms with E-state index in [1.165, 1.54) is 6.07 Å². The number of hydrogen-bond acceptors (Lipinski definition) is 4. The Hall–Kier alpha value is -2.04. The van der Waals surface area contributed by atoms with Gasteiger partial charge in [-0.3, -0.25) is 0 Å². The van der Waals surface area contributed by atoms with Crippen LogP contribution in [0.3, 0.4) is 0 Å². The predicted octanol–water partition coefficient (Wildman–Crippen LogP) is 1.08. The van der Waals surface area contributed by atoms with E-state index in [1.54, 1.807) is 25.1 Å². The Labute approximate surface area is 86.2 Å². The molecule has 0 aliphatic rings. The van der Waals surface area contributed by atoms with Crippen molar-refractivity contribution in [3.63, 3.8) is 0 Å². The number of carboxylic acids is 1. The molecule has 0 aromatic heterocycles. The first kappa shape index (κ1) is 11.0. The van der Waals surface area contributed by atoms with E-state index in [0.29, 0.717) is 12.4 Å². The summed E-state index contributed by atoms with van der Waals surface area (Å²) in [6, 6.07) is 6.37. The van der Waals surface area contributed by atoms with Crippen LogP contribution in [-0.4, -0.2) is 23.7 Å². The Balaban J connectivity index is 2.84. The lowest BCUT2D eigenvalue weighted by molar-refractivity contribution is -0.158. The lowest BCUT2D eigenvalue weighted by atomic mass is 10.3. The van der Waals surface area contributed by atoms with E-state index in [4.69, 9.17) is 9.84 Å². The molecule has 0 aliphatic heterocycles. The monoisotopic (exact) mass is 210 g/mol. The van der Waals surface area contributed by atoms with Crippen LogP contribution in [0.5, 0.6) is 11.5 Å². The van der Waals surface area contributed by atoms with Crippen LogP contribution in [0.1, 0.15) is 6.92 Å².